The summed E-state index contributed by atoms with van der Waals surface area (Å²) in [7, 11) is 0. The van der Waals surface area contributed by atoms with Crippen LogP contribution in [0, 0.1) is 6.92 Å². The van der Waals surface area contributed by atoms with E-state index in [9.17, 15) is 4.79 Å². The van der Waals surface area contributed by atoms with Crippen molar-refractivity contribution in [1.29, 1.82) is 0 Å². The first-order chi connectivity index (χ1) is 12.0. The second-order valence-electron chi connectivity index (χ2n) is 7.66. The molecule has 140 valence electrons. The van der Waals surface area contributed by atoms with E-state index in [1.165, 1.54) is 11.3 Å². The molecule has 0 N–H and O–H groups in total. The first kappa shape index (κ1) is 18.2. The van der Waals surface area contributed by atoms with Crippen LogP contribution in [-0.2, 0) is 17.8 Å². The molecule has 1 aromatic heterocycles. The van der Waals surface area contributed by atoms with Gasteiger partial charge in [-0.15, -0.1) is 0 Å². The number of ether oxygens (including phenoxy) is 1. The van der Waals surface area contributed by atoms with Crippen molar-refractivity contribution in [3.63, 3.8) is 0 Å². The van der Waals surface area contributed by atoms with Crippen molar-refractivity contribution in [1.82, 2.24) is 19.6 Å². The molecule has 2 fully saturated rings. The Kier molecular flexibility index (Phi) is 5.37. The summed E-state index contributed by atoms with van der Waals surface area (Å²) in [6.45, 7) is 13.1. The van der Waals surface area contributed by atoms with Gasteiger partial charge in [0, 0.05) is 56.3 Å². The Morgan fingerprint density at radius 2 is 2.04 bits per heavy atom. The third-order valence-corrected chi connectivity index (χ3v) is 5.90. The molecule has 0 bridgehead atoms. The highest BCUT2D eigenvalue weighted by Gasteiger charge is 2.47. The maximum atomic E-state index is 12.3. The highest BCUT2D eigenvalue weighted by Crippen LogP contribution is 2.35. The van der Waals surface area contributed by atoms with Gasteiger partial charge >= 0.3 is 6.09 Å². The van der Waals surface area contributed by atoms with E-state index in [2.05, 4.69) is 37.7 Å². The summed E-state index contributed by atoms with van der Waals surface area (Å²) in [5.74, 6) is 0. The van der Waals surface area contributed by atoms with Gasteiger partial charge in [-0.1, -0.05) is 13.3 Å². The highest BCUT2D eigenvalue weighted by molar-refractivity contribution is 5.71. The average Bonchev–Trinajstić information content (AvgIpc) is 3.11. The van der Waals surface area contributed by atoms with Gasteiger partial charge in [-0.2, -0.15) is 5.10 Å². The summed E-state index contributed by atoms with van der Waals surface area (Å²) in [5, 5.41) is 4.44. The van der Waals surface area contributed by atoms with E-state index in [1.54, 1.807) is 0 Å². The molecule has 6 heteroatoms. The Labute approximate surface area is 151 Å². The normalized spacial score (nSPS) is 21.8. The average molecular weight is 348 g/mol. The molecule has 1 spiro atoms. The maximum absolute atomic E-state index is 12.3. The Bertz CT molecular complexity index is 605. The summed E-state index contributed by atoms with van der Waals surface area (Å²) in [5.41, 5.74) is 2.30. The molecule has 3 heterocycles. The molecule has 1 aromatic rings. The molecular weight excluding hydrogens is 316 g/mol. The third kappa shape index (κ3) is 3.68. The van der Waals surface area contributed by atoms with Gasteiger partial charge in [-0.25, -0.2) is 4.79 Å². The lowest BCUT2D eigenvalue weighted by Crippen LogP contribution is -2.47. The van der Waals surface area contributed by atoms with Crippen molar-refractivity contribution in [2.24, 2.45) is 0 Å². The summed E-state index contributed by atoms with van der Waals surface area (Å²) in [6, 6.07) is 0.275. The number of carbonyl (C=O) groups is 1. The second kappa shape index (κ2) is 7.36. The zero-order chi connectivity index (χ0) is 18.0. The fourth-order valence-corrected chi connectivity index (χ4v) is 4.14. The van der Waals surface area contributed by atoms with E-state index in [4.69, 9.17) is 4.74 Å². The number of aromatic nitrogens is 2. The van der Waals surface area contributed by atoms with E-state index >= 15 is 0 Å². The molecule has 1 amide bonds. The first-order valence-corrected chi connectivity index (χ1v) is 9.71. The lowest BCUT2D eigenvalue weighted by molar-refractivity contribution is -0.00136. The molecule has 6 nitrogen and oxygen atoms in total. The van der Waals surface area contributed by atoms with Crippen molar-refractivity contribution in [2.75, 3.05) is 19.6 Å². The minimum Gasteiger partial charge on any atom is -0.441 e. The lowest BCUT2D eigenvalue weighted by atomic mass is 9.90. The minimum atomic E-state index is -0.266. The van der Waals surface area contributed by atoms with Crippen LogP contribution in [0.25, 0.3) is 0 Å². The largest absolute Gasteiger partial charge is 0.441 e. The first-order valence-electron chi connectivity index (χ1n) is 9.71. The molecule has 25 heavy (non-hydrogen) atoms. The number of carbonyl (C=O) groups excluding carboxylic acids is 1. The number of amides is 1. The summed E-state index contributed by atoms with van der Waals surface area (Å²) in [6.07, 6.45) is 5.86. The summed E-state index contributed by atoms with van der Waals surface area (Å²) >= 11 is 0. The molecule has 3 rings (SSSR count). The van der Waals surface area contributed by atoms with E-state index in [0.29, 0.717) is 0 Å². The minimum absolute atomic E-state index is 0.116. The van der Waals surface area contributed by atoms with Gasteiger partial charge in [0.05, 0.1) is 12.7 Å². The van der Waals surface area contributed by atoms with Crippen LogP contribution in [0.5, 0.6) is 0 Å². The number of rotatable bonds is 6. The highest BCUT2D eigenvalue weighted by atomic mass is 16.6. The molecule has 0 unspecified atom stereocenters. The van der Waals surface area contributed by atoms with Gasteiger partial charge in [0.25, 0.3) is 0 Å². The molecule has 2 aliphatic heterocycles. The van der Waals surface area contributed by atoms with Gasteiger partial charge in [0.1, 0.15) is 5.60 Å². The van der Waals surface area contributed by atoms with Crippen LogP contribution in [0.2, 0.25) is 0 Å². The van der Waals surface area contributed by atoms with Gasteiger partial charge in [0.2, 0.25) is 0 Å². The Hall–Kier alpha value is -1.56. The van der Waals surface area contributed by atoms with Gasteiger partial charge < -0.3 is 9.64 Å². The van der Waals surface area contributed by atoms with E-state index in [-0.39, 0.29) is 17.7 Å². The molecule has 2 aliphatic rings. The van der Waals surface area contributed by atoms with Crippen LogP contribution < -0.4 is 0 Å². The fourth-order valence-electron chi connectivity index (χ4n) is 4.14. The number of hydrogen-bond acceptors (Lipinski definition) is 4. The number of aryl methyl sites for hydroxylation is 1. The van der Waals surface area contributed by atoms with Crippen molar-refractivity contribution in [3.05, 3.63) is 17.5 Å². The third-order valence-electron chi connectivity index (χ3n) is 5.90. The maximum Gasteiger partial charge on any atom is 0.410 e. The SMILES string of the molecule is CCC[C@@H](C)N1CC2(CCN(Cc3cnn(CC)c3C)CC2)OC1=O. The topological polar surface area (TPSA) is 50.6 Å². The van der Waals surface area contributed by atoms with Crippen LogP contribution in [0.1, 0.15) is 57.7 Å². The second-order valence-corrected chi connectivity index (χ2v) is 7.66. The van der Waals surface area contributed by atoms with Gasteiger partial charge in [-0.3, -0.25) is 9.58 Å². The molecule has 0 aliphatic carbocycles. The lowest BCUT2D eigenvalue weighted by Gasteiger charge is -2.37. The fraction of sp³-hybridized carbons (Fsp3) is 0.789. The number of hydrogen-bond donors (Lipinski definition) is 0. The number of likely N-dealkylation sites (tertiary alicyclic amines) is 1. The van der Waals surface area contributed by atoms with Crippen molar-refractivity contribution in [2.45, 2.75) is 78.1 Å². The van der Waals surface area contributed by atoms with Crippen LogP contribution >= 0.6 is 0 Å². The van der Waals surface area contributed by atoms with Gasteiger partial charge in [-0.05, 0) is 27.2 Å². The van der Waals surface area contributed by atoms with Gasteiger partial charge in [0.15, 0.2) is 0 Å². The zero-order valence-electron chi connectivity index (χ0n) is 16.1. The van der Waals surface area contributed by atoms with E-state index < -0.39 is 0 Å². The smallest absolute Gasteiger partial charge is 0.410 e. The zero-order valence-corrected chi connectivity index (χ0v) is 16.1. The van der Waals surface area contributed by atoms with E-state index in [1.807, 2.05) is 15.8 Å². The van der Waals surface area contributed by atoms with Crippen molar-refractivity contribution >= 4 is 6.09 Å². The predicted octanol–water partition coefficient (Wildman–Crippen LogP) is 3.19. The Balaban J connectivity index is 1.56. The molecule has 0 aromatic carbocycles. The van der Waals surface area contributed by atoms with Crippen LogP contribution in [0.3, 0.4) is 0 Å². The number of piperidine rings is 1. The molecule has 0 radical (unpaired) electrons. The molecule has 2 saturated heterocycles. The standard InChI is InChI=1S/C19H32N4O2/c1-5-7-15(3)22-14-19(25-18(22)24)8-10-21(11-9-19)13-17-12-20-23(6-2)16(17)4/h12,15H,5-11,13-14H2,1-4H3/t15-/m1/s1. The van der Waals surface area contributed by atoms with Crippen molar-refractivity contribution in [3.8, 4) is 0 Å². The molecule has 1 atom stereocenters. The molecular formula is C19H32N4O2. The van der Waals surface area contributed by atoms with Crippen LogP contribution in [-0.4, -0.2) is 57.0 Å². The Morgan fingerprint density at radius 1 is 1.32 bits per heavy atom. The number of nitrogens with zero attached hydrogens (tertiary/aromatic N) is 4. The van der Waals surface area contributed by atoms with Crippen molar-refractivity contribution < 1.29 is 9.53 Å². The quantitative estimate of drug-likeness (QED) is 0.792. The van der Waals surface area contributed by atoms with Crippen LogP contribution in [0.4, 0.5) is 4.79 Å². The monoisotopic (exact) mass is 348 g/mol. The van der Waals surface area contributed by atoms with E-state index in [0.717, 1.165) is 58.4 Å². The predicted molar refractivity (Wildman–Crippen MR) is 97.4 cm³/mol. The summed E-state index contributed by atoms with van der Waals surface area (Å²) in [4.78, 5) is 16.7. The summed E-state index contributed by atoms with van der Waals surface area (Å²) < 4.78 is 7.91. The Morgan fingerprint density at radius 3 is 2.64 bits per heavy atom. The van der Waals surface area contributed by atoms with Crippen LogP contribution in [0.15, 0.2) is 6.20 Å². The molecule has 0 saturated carbocycles.